The van der Waals surface area contributed by atoms with Crippen LogP contribution < -0.4 is 5.32 Å². The second-order valence-corrected chi connectivity index (χ2v) is 5.46. The lowest BCUT2D eigenvalue weighted by atomic mass is 10.00. The van der Waals surface area contributed by atoms with Crippen molar-refractivity contribution >= 4 is 15.9 Å². The molecule has 1 atom stereocenters. The molecule has 0 spiro atoms. The van der Waals surface area contributed by atoms with E-state index in [9.17, 15) is 5.11 Å². The van der Waals surface area contributed by atoms with Crippen molar-refractivity contribution in [1.29, 1.82) is 0 Å². The predicted molar refractivity (Wildman–Crippen MR) is 82.1 cm³/mol. The second-order valence-electron chi connectivity index (χ2n) is 4.55. The Hall–Kier alpha value is -1.16. The van der Waals surface area contributed by atoms with Gasteiger partial charge in [-0.15, -0.1) is 0 Å². The molecule has 19 heavy (non-hydrogen) atoms. The SMILES string of the molecule is OCC(CNCc1ccccc1)c1ccc(Br)cc1. The van der Waals surface area contributed by atoms with E-state index in [2.05, 4.69) is 45.5 Å². The molecule has 0 aliphatic carbocycles. The summed E-state index contributed by atoms with van der Waals surface area (Å²) >= 11 is 3.42. The summed E-state index contributed by atoms with van der Waals surface area (Å²) in [4.78, 5) is 0. The molecule has 0 bridgehead atoms. The van der Waals surface area contributed by atoms with Gasteiger partial charge in [-0.1, -0.05) is 58.4 Å². The number of aliphatic hydroxyl groups is 1. The minimum Gasteiger partial charge on any atom is -0.396 e. The van der Waals surface area contributed by atoms with Crippen LogP contribution in [0.2, 0.25) is 0 Å². The van der Waals surface area contributed by atoms with E-state index in [-0.39, 0.29) is 12.5 Å². The largest absolute Gasteiger partial charge is 0.396 e. The van der Waals surface area contributed by atoms with Crippen LogP contribution in [-0.2, 0) is 6.54 Å². The monoisotopic (exact) mass is 319 g/mol. The van der Waals surface area contributed by atoms with Gasteiger partial charge in [0, 0.05) is 23.5 Å². The molecule has 0 saturated carbocycles. The zero-order chi connectivity index (χ0) is 13.5. The van der Waals surface area contributed by atoms with Crippen LogP contribution in [0, 0.1) is 0 Å². The Morgan fingerprint density at radius 3 is 2.32 bits per heavy atom. The summed E-state index contributed by atoms with van der Waals surface area (Å²) in [7, 11) is 0. The third-order valence-corrected chi connectivity index (χ3v) is 3.65. The molecule has 0 saturated heterocycles. The maximum Gasteiger partial charge on any atom is 0.0511 e. The molecule has 0 aliphatic heterocycles. The van der Waals surface area contributed by atoms with Crippen LogP contribution in [0.4, 0.5) is 0 Å². The van der Waals surface area contributed by atoms with Crippen molar-refractivity contribution in [3.8, 4) is 0 Å². The molecule has 0 amide bonds. The molecule has 0 fully saturated rings. The zero-order valence-electron chi connectivity index (χ0n) is 10.7. The quantitative estimate of drug-likeness (QED) is 0.856. The van der Waals surface area contributed by atoms with Gasteiger partial charge in [0.15, 0.2) is 0 Å². The molecule has 2 rings (SSSR count). The summed E-state index contributed by atoms with van der Waals surface area (Å²) in [5.41, 5.74) is 2.42. The van der Waals surface area contributed by atoms with E-state index >= 15 is 0 Å². The van der Waals surface area contributed by atoms with Crippen LogP contribution in [0.25, 0.3) is 0 Å². The summed E-state index contributed by atoms with van der Waals surface area (Å²) in [5, 5.41) is 12.9. The molecule has 100 valence electrons. The number of hydrogen-bond acceptors (Lipinski definition) is 2. The average molecular weight is 320 g/mol. The van der Waals surface area contributed by atoms with Crippen molar-refractivity contribution in [3.63, 3.8) is 0 Å². The highest BCUT2D eigenvalue weighted by molar-refractivity contribution is 9.10. The van der Waals surface area contributed by atoms with Crippen molar-refractivity contribution < 1.29 is 5.11 Å². The van der Waals surface area contributed by atoms with E-state index in [1.54, 1.807) is 0 Å². The first-order valence-corrected chi connectivity index (χ1v) is 7.20. The summed E-state index contributed by atoms with van der Waals surface area (Å²) in [5.74, 6) is 0.136. The zero-order valence-corrected chi connectivity index (χ0v) is 12.3. The van der Waals surface area contributed by atoms with Gasteiger partial charge in [-0.2, -0.15) is 0 Å². The van der Waals surface area contributed by atoms with Gasteiger partial charge >= 0.3 is 0 Å². The summed E-state index contributed by atoms with van der Waals surface area (Å²) in [6.07, 6.45) is 0. The van der Waals surface area contributed by atoms with E-state index in [1.807, 2.05) is 30.3 Å². The van der Waals surface area contributed by atoms with Gasteiger partial charge in [0.2, 0.25) is 0 Å². The Balaban J connectivity index is 1.87. The van der Waals surface area contributed by atoms with Crippen molar-refractivity contribution in [2.24, 2.45) is 0 Å². The molecule has 0 aliphatic rings. The first-order valence-electron chi connectivity index (χ1n) is 6.40. The van der Waals surface area contributed by atoms with Crippen LogP contribution in [0.1, 0.15) is 17.0 Å². The fraction of sp³-hybridized carbons (Fsp3) is 0.250. The van der Waals surface area contributed by atoms with Crippen LogP contribution in [0.5, 0.6) is 0 Å². The summed E-state index contributed by atoms with van der Waals surface area (Å²) < 4.78 is 1.06. The fourth-order valence-corrected chi connectivity index (χ4v) is 2.27. The maximum absolute atomic E-state index is 9.49. The molecule has 2 aromatic rings. The standard InChI is InChI=1S/C16H18BrNO/c17-16-8-6-14(7-9-16)15(12-19)11-18-10-13-4-2-1-3-5-13/h1-9,15,18-19H,10-12H2. The minimum absolute atomic E-state index is 0.136. The molecule has 0 heterocycles. The average Bonchev–Trinajstić information content (AvgIpc) is 2.46. The van der Waals surface area contributed by atoms with Crippen LogP contribution in [0.15, 0.2) is 59.1 Å². The smallest absolute Gasteiger partial charge is 0.0511 e. The first kappa shape index (κ1) is 14.3. The van der Waals surface area contributed by atoms with E-state index in [4.69, 9.17) is 0 Å². The van der Waals surface area contributed by atoms with Crippen LogP contribution >= 0.6 is 15.9 Å². The van der Waals surface area contributed by atoms with Gasteiger partial charge in [-0.25, -0.2) is 0 Å². The lowest BCUT2D eigenvalue weighted by Gasteiger charge is -2.15. The molecule has 2 nitrogen and oxygen atoms in total. The first-order chi connectivity index (χ1) is 9.29. The van der Waals surface area contributed by atoms with Gasteiger partial charge < -0.3 is 10.4 Å². The minimum atomic E-state index is 0.136. The van der Waals surface area contributed by atoms with Crippen molar-refractivity contribution in [1.82, 2.24) is 5.32 Å². The Bertz CT molecular complexity index is 484. The van der Waals surface area contributed by atoms with Crippen molar-refractivity contribution in [2.75, 3.05) is 13.2 Å². The Labute approximate surface area is 122 Å². The van der Waals surface area contributed by atoms with Crippen LogP contribution in [0.3, 0.4) is 0 Å². The van der Waals surface area contributed by atoms with Gasteiger partial charge in [0.1, 0.15) is 0 Å². The van der Waals surface area contributed by atoms with E-state index in [1.165, 1.54) is 5.56 Å². The normalized spacial score (nSPS) is 12.3. The number of aliphatic hydroxyl groups excluding tert-OH is 1. The van der Waals surface area contributed by atoms with Gasteiger partial charge in [0.25, 0.3) is 0 Å². The van der Waals surface area contributed by atoms with Gasteiger partial charge in [0.05, 0.1) is 6.61 Å². The molecule has 3 heteroatoms. The second kappa shape index (κ2) is 7.43. The highest BCUT2D eigenvalue weighted by Gasteiger charge is 2.09. The Morgan fingerprint density at radius 1 is 1.00 bits per heavy atom. The van der Waals surface area contributed by atoms with E-state index < -0.39 is 0 Å². The highest BCUT2D eigenvalue weighted by Crippen LogP contribution is 2.18. The molecule has 2 aromatic carbocycles. The van der Waals surface area contributed by atoms with Crippen LogP contribution in [-0.4, -0.2) is 18.3 Å². The predicted octanol–water partition coefficient (Wildman–Crippen LogP) is 3.31. The third kappa shape index (κ3) is 4.46. The summed E-state index contributed by atoms with van der Waals surface area (Å²) in [6, 6.07) is 18.4. The van der Waals surface area contributed by atoms with Crippen molar-refractivity contribution in [2.45, 2.75) is 12.5 Å². The van der Waals surface area contributed by atoms with Gasteiger partial charge in [-0.3, -0.25) is 0 Å². The Kier molecular flexibility index (Phi) is 5.58. The molecular formula is C16H18BrNO. The maximum atomic E-state index is 9.49. The highest BCUT2D eigenvalue weighted by atomic mass is 79.9. The third-order valence-electron chi connectivity index (χ3n) is 3.12. The lowest BCUT2D eigenvalue weighted by Crippen LogP contribution is -2.23. The molecule has 2 N–H and O–H groups in total. The molecular weight excluding hydrogens is 302 g/mol. The number of benzene rings is 2. The summed E-state index contributed by atoms with van der Waals surface area (Å²) in [6.45, 7) is 1.75. The number of hydrogen-bond donors (Lipinski definition) is 2. The van der Waals surface area contributed by atoms with Gasteiger partial charge in [-0.05, 0) is 23.3 Å². The molecule has 0 aromatic heterocycles. The number of rotatable bonds is 6. The number of nitrogens with one attached hydrogen (secondary N) is 1. The van der Waals surface area contributed by atoms with Crippen molar-refractivity contribution in [3.05, 3.63) is 70.2 Å². The fourth-order valence-electron chi connectivity index (χ4n) is 2.01. The Morgan fingerprint density at radius 2 is 1.68 bits per heavy atom. The van der Waals surface area contributed by atoms with E-state index in [0.29, 0.717) is 0 Å². The topological polar surface area (TPSA) is 32.3 Å². The van der Waals surface area contributed by atoms with E-state index in [0.717, 1.165) is 23.1 Å². The number of halogens is 1. The lowest BCUT2D eigenvalue weighted by molar-refractivity contribution is 0.261. The molecule has 0 radical (unpaired) electrons. The molecule has 1 unspecified atom stereocenters.